The van der Waals surface area contributed by atoms with Crippen molar-refractivity contribution >= 4 is 0 Å². The third-order valence-electron chi connectivity index (χ3n) is 3.33. The minimum Gasteiger partial charge on any atom is -0.380 e. The molecule has 15 heavy (non-hydrogen) atoms. The third kappa shape index (κ3) is 4.98. The highest BCUT2D eigenvalue weighted by molar-refractivity contribution is 4.78. The van der Waals surface area contributed by atoms with Gasteiger partial charge >= 0.3 is 0 Å². The average Bonchev–Trinajstić information content (AvgIpc) is 2.29. The first-order valence-electron chi connectivity index (χ1n) is 6.69. The molecule has 1 N–H and O–H groups in total. The monoisotopic (exact) mass is 213 g/mol. The van der Waals surface area contributed by atoms with Gasteiger partial charge in [0.1, 0.15) is 0 Å². The Labute approximate surface area is 94.8 Å². The summed E-state index contributed by atoms with van der Waals surface area (Å²) in [6.07, 6.45) is 8.19. The number of nitrogens with one attached hydrogen (secondary N) is 1. The van der Waals surface area contributed by atoms with Crippen molar-refractivity contribution in [2.45, 2.75) is 58.4 Å². The van der Waals surface area contributed by atoms with Crippen molar-refractivity contribution in [2.24, 2.45) is 5.92 Å². The van der Waals surface area contributed by atoms with Crippen LogP contribution in [0.15, 0.2) is 0 Å². The van der Waals surface area contributed by atoms with Crippen molar-refractivity contribution in [3.63, 3.8) is 0 Å². The average molecular weight is 213 g/mol. The number of likely N-dealkylation sites (N-methyl/N-ethyl adjacent to an activating group) is 1. The van der Waals surface area contributed by atoms with E-state index in [1.165, 1.54) is 32.1 Å². The van der Waals surface area contributed by atoms with Gasteiger partial charge in [-0.2, -0.15) is 0 Å². The molecule has 0 bridgehead atoms. The first-order valence-corrected chi connectivity index (χ1v) is 6.69. The Morgan fingerprint density at radius 1 is 1.20 bits per heavy atom. The molecule has 0 amide bonds. The van der Waals surface area contributed by atoms with Gasteiger partial charge in [0.05, 0.1) is 6.61 Å². The van der Waals surface area contributed by atoms with Crippen LogP contribution in [0.2, 0.25) is 0 Å². The molecule has 0 aromatic heterocycles. The van der Waals surface area contributed by atoms with E-state index < -0.39 is 0 Å². The van der Waals surface area contributed by atoms with E-state index in [2.05, 4.69) is 19.2 Å². The molecule has 0 aliphatic heterocycles. The highest BCUT2D eigenvalue weighted by atomic mass is 16.5. The van der Waals surface area contributed by atoms with E-state index in [0.29, 0.717) is 6.04 Å². The van der Waals surface area contributed by atoms with Crippen LogP contribution in [0, 0.1) is 5.92 Å². The summed E-state index contributed by atoms with van der Waals surface area (Å²) in [6.45, 7) is 7.25. The molecule has 1 aliphatic carbocycles. The number of ether oxygens (including phenoxy) is 1. The predicted molar refractivity (Wildman–Crippen MR) is 65.1 cm³/mol. The summed E-state index contributed by atoms with van der Waals surface area (Å²) in [5, 5.41) is 3.59. The lowest BCUT2D eigenvalue weighted by Gasteiger charge is -2.30. The van der Waals surface area contributed by atoms with Gasteiger partial charge in [-0.15, -0.1) is 0 Å². The van der Waals surface area contributed by atoms with Gasteiger partial charge in [-0.05, 0) is 31.7 Å². The largest absolute Gasteiger partial charge is 0.380 e. The maximum atomic E-state index is 5.69. The van der Waals surface area contributed by atoms with Gasteiger partial charge in [-0.25, -0.2) is 0 Å². The molecular formula is C13H27NO. The Balaban J connectivity index is 2.26. The minimum atomic E-state index is 0.599. The molecule has 1 unspecified atom stereocenters. The molecule has 2 heteroatoms. The van der Waals surface area contributed by atoms with Gasteiger partial charge in [0.2, 0.25) is 0 Å². The van der Waals surface area contributed by atoms with Crippen LogP contribution < -0.4 is 5.32 Å². The first kappa shape index (κ1) is 13.0. The summed E-state index contributed by atoms with van der Waals surface area (Å²) in [6, 6.07) is 0.599. The van der Waals surface area contributed by atoms with E-state index in [0.717, 1.165) is 32.1 Å². The molecule has 1 aliphatic rings. The van der Waals surface area contributed by atoms with Crippen LogP contribution >= 0.6 is 0 Å². The van der Waals surface area contributed by atoms with E-state index in [1.807, 2.05) is 0 Å². The number of hydrogen-bond donors (Lipinski definition) is 1. The Kier molecular flexibility index (Phi) is 7.03. The first-order chi connectivity index (χ1) is 7.38. The number of hydrogen-bond acceptors (Lipinski definition) is 2. The van der Waals surface area contributed by atoms with Crippen LogP contribution in [0.25, 0.3) is 0 Å². The third-order valence-corrected chi connectivity index (χ3v) is 3.33. The summed E-state index contributed by atoms with van der Waals surface area (Å²) in [5.41, 5.74) is 0. The molecule has 0 saturated heterocycles. The lowest BCUT2D eigenvalue weighted by atomic mass is 9.84. The van der Waals surface area contributed by atoms with Crippen LogP contribution in [-0.2, 0) is 4.74 Å². The Morgan fingerprint density at radius 2 is 1.93 bits per heavy atom. The van der Waals surface area contributed by atoms with Gasteiger partial charge in [0.15, 0.2) is 0 Å². The zero-order chi connectivity index (χ0) is 10.9. The molecule has 0 radical (unpaired) electrons. The molecule has 0 spiro atoms. The van der Waals surface area contributed by atoms with Crippen molar-refractivity contribution in [1.29, 1.82) is 0 Å². The summed E-state index contributed by atoms with van der Waals surface area (Å²) in [5.74, 6) is 0.857. The summed E-state index contributed by atoms with van der Waals surface area (Å²) < 4.78 is 5.69. The van der Waals surface area contributed by atoms with Crippen LogP contribution in [0.1, 0.15) is 52.4 Å². The second kappa shape index (κ2) is 8.12. The van der Waals surface area contributed by atoms with Crippen LogP contribution in [0.3, 0.4) is 0 Å². The molecule has 90 valence electrons. The lowest BCUT2D eigenvalue weighted by Crippen LogP contribution is -2.40. The van der Waals surface area contributed by atoms with Crippen LogP contribution in [-0.4, -0.2) is 25.8 Å². The van der Waals surface area contributed by atoms with Gasteiger partial charge in [-0.1, -0.05) is 33.1 Å². The molecule has 2 nitrogen and oxygen atoms in total. The normalized spacial score (nSPS) is 20.4. The Bertz CT molecular complexity index is 143. The van der Waals surface area contributed by atoms with Crippen molar-refractivity contribution in [3.8, 4) is 0 Å². The van der Waals surface area contributed by atoms with Crippen molar-refractivity contribution in [3.05, 3.63) is 0 Å². The molecular weight excluding hydrogens is 186 g/mol. The standard InChI is InChI=1S/C13H27NO/c1-3-10-15-11-13(14-4-2)12-8-6-5-7-9-12/h12-14H,3-11H2,1-2H3. The van der Waals surface area contributed by atoms with E-state index in [4.69, 9.17) is 4.74 Å². The van der Waals surface area contributed by atoms with Gasteiger partial charge < -0.3 is 10.1 Å². The Hall–Kier alpha value is -0.0800. The van der Waals surface area contributed by atoms with E-state index in [9.17, 15) is 0 Å². The SMILES string of the molecule is CCCOCC(NCC)C1CCCCC1. The zero-order valence-corrected chi connectivity index (χ0v) is 10.4. The summed E-state index contributed by atoms with van der Waals surface area (Å²) >= 11 is 0. The van der Waals surface area contributed by atoms with E-state index >= 15 is 0 Å². The van der Waals surface area contributed by atoms with Crippen molar-refractivity contribution in [1.82, 2.24) is 5.32 Å². The molecule has 0 aromatic carbocycles. The molecule has 1 fully saturated rings. The van der Waals surface area contributed by atoms with Gasteiger partial charge in [0, 0.05) is 12.6 Å². The fraction of sp³-hybridized carbons (Fsp3) is 1.00. The quantitative estimate of drug-likeness (QED) is 0.656. The second-order valence-corrected chi connectivity index (χ2v) is 4.64. The van der Waals surface area contributed by atoms with Gasteiger partial charge in [-0.3, -0.25) is 0 Å². The smallest absolute Gasteiger partial charge is 0.0622 e. The maximum absolute atomic E-state index is 5.69. The number of rotatable bonds is 7. The molecule has 0 aromatic rings. The fourth-order valence-electron chi connectivity index (χ4n) is 2.52. The molecule has 1 atom stereocenters. The summed E-state index contributed by atoms with van der Waals surface area (Å²) in [4.78, 5) is 0. The van der Waals surface area contributed by atoms with Crippen LogP contribution in [0.5, 0.6) is 0 Å². The molecule has 0 heterocycles. The topological polar surface area (TPSA) is 21.3 Å². The van der Waals surface area contributed by atoms with E-state index in [1.54, 1.807) is 0 Å². The molecule has 1 rings (SSSR count). The van der Waals surface area contributed by atoms with Crippen molar-refractivity contribution < 1.29 is 4.74 Å². The van der Waals surface area contributed by atoms with E-state index in [-0.39, 0.29) is 0 Å². The van der Waals surface area contributed by atoms with Crippen molar-refractivity contribution in [2.75, 3.05) is 19.8 Å². The minimum absolute atomic E-state index is 0.599. The maximum Gasteiger partial charge on any atom is 0.0622 e. The fourth-order valence-corrected chi connectivity index (χ4v) is 2.52. The van der Waals surface area contributed by atoms with Gasteiger partial charge in [0.25, 0.3) is 0 Å². The predicted octanol–water partition coefficient (Wildman–Crippen LogP) is 2.97. The lowest BCUT2D eigenvalue weighted by molar-refractivity contribution is 0.0853. The molecule has 1 saturated carbocycles. The second-order valence-electron chi connectivity index (χ2n) is 4.64. The van der Waals surface area contributed by atoms with Crippen LogP contribution in [0.4, 0.5) is 0 Å². The highest BCUT2D eigenvalue weighted by Crippen LogP contribution is 2.26. The Morgan fingerprint density at radius 3 is 2.53 bits per heavy atom. The highest BCUT2D eigenvalue weighted by Gasteiger charge is 2.22. The zero-order valence-electron chi connectivity index (χ0n) is 10.4. The summed E-state index contributed by atoms with van der Waals surface area (Å²) in [7, 11) is 0.